The summed E-state index contributed by atoms with van der Waals surface area (Å²) in [5.41, 5.74) is 5.39. The minimum absolute atomic E-state index is 0.213. The van der Waals surface area contributed by atoms with Gasteiger partial charge in [0.25, 0.3) is 0 Å². The van der Waals surface area contributed by atoms with Crippen LogP contribution in [0.1, 0.15) is 33.6 Å². The Morgan fingerprint density at radius 2 is 2.21 bits per heavy atom. The summed E-state index contributed by atoms with van der Waals surface area (Å²) in [6.45, 7) is 6.64. The quantitative estimate of drug-likeness (QED) is 0.585. The predicted octanol–water partition coefficient (Wildman–Crippen LogP) is -0.619. The van der Waals surface area contributed by atoms with Gasteiger partial charge in [-0.2, -0.15) is 0 Å². The maximum absolute atomic E-state index is 11.6. The molecule has 0 amide bonds. The summed E-state index contributed by atoms with van der Waals surface area (Å²) in [4.78, 5) is 11.6. The second-order valence-electron chi connectivity index (χ2n) is 4.89. The minimum atomic E-state index is -0.475. The Bertz CT molecular complexity index is 205. The number of hydrogen-bond acceptors (Lipinski definition) is 3. The van der Waals surface area contributed by atoms with Crippen molar-refractivity contribution < 1.29 is 14.8 Å². The average molecular weight is 201 g/mol. The highest BCUT2D eigenvalue weighted by molar-refractivity contribution is 5.76. The monoisotopic (exact) mass is 201 g/mol. The van der Waals surface area contributed by atoms with Crippen molar-refractivity contribution in [2.45, 2.75) is 51.3 Å². The Hall–Kier alpha value is -0.610. The van der Waals surface area contributed by atoms with Crippen molar-refractivity contribution in [3.63, 3.8) is 0 Å². The number of ether oxygens (including phenoxy) is 1. The Labute approximate surface area is 85.2 Å². The molecule has 0 aliphatic carbocycles. The summed E-state index contributed by atoms with van der Waals surface area (Å²) >= 11 is 0. The van der Waals surface area contributed by atoms with E-state index in [9.17, 15) is 4.79 Å². The van der Waals surface area contributed by atoms with Gasteiger partial charge in [-0.1, -0.05) is 0 Å². The molecule has 4 N–H and O–H groups in total. The van der Waals surface area contributed by atoms with E-state index in [2.05, 4.69) is 5.32 Å². The molecule has 4 nitrogen and oxygen atoms in total. The average Bonchev–Trinajstić information content (AvgIpc) is 2.51. The minimum Gasteiger partial charge on any atom is -0.459 e. The van der Waals surface area contributed by atoms with Crippen molar-refractivity contribution >= 4 is 5.97 Å². The van der Waals surface area contributed by atoms with Crippen LogP contribution in [-0.2, 0) is 9.53 Å². The van der Waals surface area contributed by atoms with Gasteiger partial charge in [-0.25, -0.2) is 0 Å². The molecule has 0 bridgehead atoms. The number of esters is 1. The third-order valence-corrected chi connectivity index (χ3v) is 2.35. The Morgan fingerprint density at radius 1 is 1.57 bits per heavy atom. The van der Waals surface area contributed by atoms with Crippen molar-refractivity contribution in [3.05, 3.63) is 0 Å². The van der Waals surface area contributed by atoms with Gasteiger partial charge in [-0.05, 0) is 20.8 Å². The van der Waals surface area contributed by atoms with Gasteiger partial charge in [0.05, 0.1) is 6.54 Å². The highest BCUT2D eigenvalue weighted by atomic mass is 16.6. The first-order valence-electron chi connectivity index (χ1n) is 5.22. The van der Waals surface area contributed by atoms with E-state index in [0.29, 0.717) is 0 Å². The molecule has 1 fully saturated rings. The van der Waals surface area contributed by atoms with Crippen LogP contribution in [0.5, 0.6) is 0 Å². The molecule has 1 aliphatic rings. The zero-order valence-electron chi connectivity index (χ0n) is 9.25. The largest absolute Gasteiger partial charge is 0.459 e. The second-order valence-corrected chi connectivity index (χ2v) is 4.89. The molecule has 0 aromatic carbocycles. The van der Waals surface area contributed by atoms with Crippen LogP contribution in [-0.4, -0.2) is 30.2 Å². The lowest BCUT2D eigenvalue weighted by molar-refractivity contribution is -0.670. The summed E-state index contributed by atoms with van der Waals surface area (Å²) < 4.78 is 5.23. The topological polar surface area (TPSA) is 68.9 Å². The van der Waals surface area contributed by atoms with Crippen LogP contribution < -0.4 is 11.1 Å². The van der Waals surface area contributed by atoms with Crippen molar-refractivity contribution in [1.29, 1.82) is 0 Å². The Balaban J connectivity index is 2.43. The van der Waals surface area contributed by atoms with E-state index < -0.39 is 11.6 Å². The summed E-state index contributed by atoms with van der Waals surface area (Å²) in [6, 6.07) is -0.262. The summed E-state index contributed by atoms with van der Waals surface area (Å²) in [5.74, 6) is -0.277. The van der Waals surface area contributed by atoms with Gasteiger partial charge in [-0.15, -0.1) is 0 Å². The van der Waals surface area contributed by atoms with Crippen LogP contribution in [0.4, 0.5) is 0 Å². The first-order valence-corrected chi connectivity index (χ1v) is 5.22. The molecule has 0 aromatic rings. The standard InChI is InChI=1S/C10H20N2O2/c1-10(2,3)14-9(13)8(11)7-5-4-6-12-7/h7-8,12H,4-6,11H2,1-3H3/p+1/t7-,8-/m0/s1. The highest BCUT2D eigenvalue weighted by Crippen LogP contribution is 2.10. The molecule has 1 heterocycles. The van der Waals surface area contributed by atoms with Crippen LogP contribution in [0.25, 0.3) is 0 Å². The van der Waals surface area contributed by atoms with E-state index in [1.165, 1.54) is 0 Å². The lowest BCUT2D eigenvalue weighted by atomic mass is 10.1. The summed E-state index contributed by atoms with van der Waals surface area (Å²) in [7, 11) is 0. The predicted molar refractivity (Wildman–Crippen MR) is 53.6 cm³/mol. The number of rotatable bonds is 2. The zero-order valence-corrected chi connectivity index (χ0v) is 9.25. The molecule has 2 atom stereocenters. The molecule has 4 heteroatoms. The zero-order chi connectivity index (χ0) is 10.8. The molecular weight excluding hydrogens is 180 g/mol. The molecule has 0 aromatic heterocycles. The lowest BCUT2D eigenvalue weighted by Gasteiger charge is -2.23. The van der Waals surface area contributed by atoms with Crippen molar-refractivity contribution in [3.8, 4) is 0 Å². The molecule has 0 unspecified atom stereocenters. The molecule has 1 saturated heterocycles. The third kappa shape index (κ3) is 3.27. The number of carbonyl (C=O) groups excluding carboxylic acids is 1. The van der Waals surface area contributed by atoms with Crippen LogP contribution >= 0.6 is 0 Å². The SMILES string of the molecule is CC(C)(C)OC(=O)[C@@H](N)[C@@H]1CCC[NH2+]1. The molecule has 1 rings (SSSR count). The number of nitrogens with two attached hydrogens (primary N) is 2. The maximum Gasteiger partial charge on any atom is 0.329 e. The van der Waals surface area contributed by atoms with Crippen molar-refractivity contribution in [2.24, 2.45) is 5.73 Å². The van der Waals surface area contributed by atoms with Gasteiger partial charge in [0.1, 0.15) is 11.6 Å². The fraction of sp³-hybridized carbons (Fsp3) is 0.900. The van der Waals surface area contributed by atoms with Crippen molar-refractivity contribution in [1.82, 2.24) is 0 Å². The van der Waals surface area contributed by atoms with Gasteiger partial charge in [0.2, 0.25) is 0 Å². The fourth-order valence-corrected chi connectivity index (χ4v) is 1.67. The highest BCUT2D eigenvalue weighted by Gasteiger charge is 2.33. The third-order valence-electron chi connectivity index (χ3n) is 2.35. The van der Waals surface area contributed by atoms with E-state index in [4.69, 9.17) is 10.5 Å². The lowest BCUT2D eigenvalue weighted by Crippen LogP contribution is -2.90. The molecular formula is C10H21N2O2+. The van der Waals surface area contributed by atoms with Crippen LogP contribution in [0, 0.1) is 0 Å². The van der Waals surface area contributed by atoms with Crippen molar-refractivity contribution in [2.75, 3.05) is 6.54 Å². The smallest absolute Gasteiger partial charge is 0.329 e. The second kappa shape index (κ2) is 4.28. The maximum atomic E-state index is 11.6. The van der Waals surface area contributed by atoms with E-state index in [0.717, 1.165) is 19.4 Å². The van der Waals surface area contributed by atoms with Gasteiger partial charge >= 0.3 is 5.97 Å². The molecule has 0 saturated carbocycles. The number of carbonyl (C=O) groups is 1. The van der Waals surface area contributed by atoms with E-state index in [1.807, 2.05) is 20.8 Å². The van der Waals surface area contributed by atoms with Gasteiger partial charge < -0.3 is 15.8 Å². The van der Waals surface area contributed by atoms with E-state index in [1.54, 1.807) is 0 Å². The molecule has 14 heavy (non-hydrogen) atoms. The fourth-order valence-electron chi connectivity index (χ4n) is 1.67. The number of hydrogen-bond donors (Lipinski definition) is 2. The summed E-state index contributed by atoms with van der Waals surface area (Å²) in [5, 5.41) is 2.13. The van der Waals surface area contributed by atoms with Gasteiger partial charge in [0, 0.05) is 12.8 Å². The molecule has 1 aliphatic heterocycles. The Morgan fingerprint density at radius 3 is 2.64 bits per heavy atom. The molecule has 0 spiro atoms. The first kappa shape index (κ1) is 11.5. The molecule has 0 radical (unpaired) electrons. The molecule has 82 valence electrons. The Kier molecular flexibility index (Phi) is 3.50. The van der Waals surface area contributed by atoms with Crippen LogP contribution in [0.15, 0.2) is 0 Å². The van der Waals surface area contributed by atoms with Crippen LogP contribution in [0.3, 0.4) is 0 Å². The van der Waals surface area contributed by atoms with Gasteiger partial charge in [-0.3, -0.25) is 4.79 Å². The normalized spacial score (nSPS) is 24.7. The van der Waals surface area contributed by atoms with Gasteiger partial charge in [0.15, 0.2) is 6.04 Å². The van der Waals surface area contributed by atoms with Crippen LogP contribution in [0.2, 0.25) is 0 Å². The number of quaternary nitrogens is 1. The first-order chi connectivity index (χ1) is 6.40. The van der Waals surface area contributed by atoms with E-state index >= 15 is 0 Å². The summed E-state index contributed by atoms with van der Waals surface area (Å²) in [6.07, 6.45) is 2.15. The van der Waals surface area contributed by atoms with E-state index in [-0.39, 0.29) is 12.0 Å².